The van der Waals surface area contributed by atoms with E-state index >= 15 is 0 Å². The maximum absolute atomic E-state index is 11.1. The van der Waals surface area contributed by atoms with Gasteiger partial charge in [0.05, 0.1) is 11.5 Å². The number of halogens is 1. The molecular formula is C13H14ClN3O2S2. The van der Waals surface area contributed by atoms with Crippen LogP contribution in [0.5, 0.6) is 0 Å². The average molecular weight is 344 g/mol. The Kier molecular flexibility index (Phi) is 5.84. The van der Waals surface area contributed by atoms with Crippen LogP contribution >= 0.6 is 34.7 Å². The third-order valence-electron chi connectivity index (χ3n) is 2.62. The van der Waals surface area contributed by atoms with Crippen molar-refractivity contribution in [2.24, 2.45) is 0 Å². The summed E-state index contributed by atoms with van der Waals surface area (Å²) in [6, 6.07) is 5.15. The van der Waals surface area contributed by atoms with E-state index in [9.17, 15) is 10.1 Å². The molecule has 1 aromatic heterocycles. The highest BCUT2D eigenvalue weighted by atomic mass is 35.5. The molecule has 0 fully saturated rings. The van der Waals surface area contributed by atoms with Gasteiger partial charge in [-0.1, -0.05) is 18.5 Å². The monoisotopic (exact) mass is 343 g/mol. The van der Waals surface area contributed by atoms with Crippen LogP contribution in [0.4, 0.5) is 11.4 Å². The first-order chi connectivity index (χ1) is 10.1. The lowest BCUT2D eigenvalue weighted by molar-refractivity contribution is -0.384. The molecule has 2 aromatic rings. The molecule has 0 amide bonds. The third kappa shape index (κ3) is 4.59. The Hall–Kier alpha value is -1.31. The minimum atomic E-state index is -0.379. The number of nitrogens with one attached hydrogen (secondary N) is 1. The van der Waals surface area contributed by atoms with Crippen LogP contribution < -0.4 is 5.32 Å². The second-order valence-corrected chi connectivity index (χ2v) is 7.08. The summed E-state index contributed by atoms with van der Waals surface area (Å²) < 4.78 is 0.466. The van der Waals surface area contributed by atoms with E-state index in [1.807, 2.05) is 6.07 Å². The number of hydrogen-bond acceptors (Lipinski definition) is 6. The number of nitrogens with zero attached hydrogens (tertiary/aromatic N) is 2. The standard InChI is InChI=1S/C13H14ClN3O2S2/c1-2-5-20-9-3-4-12(17(18)19)11(6-9)15-7-10-8-16-13(14)21-10/h3-4,6,8,15H,2,5,7H2,1H3. The lowest BCUT2D eigenvalue weighted by Crippen LogP contribution is -2.01. The van der Waals surface area contributed by atoms with Crippen LogP contribution in [0.1, 0.15) is 18.2 Å². The zero-order valence-electron chi connectivity index (χ0n) is 11.3. The first kappa shape index (κ1) is 16.1. The number of benzene rings is 1. The predicted molar refractivity (Wildman–Crippen MR) is 88.6 cm³/mol. The van der Waals surface area contributed by atoms with Crippen LogP contribution in [-0.4, -0.2) is 15.7 Å². The Morgan fingerprint density at radius 1 is 1.52 bits per heavy atom. The summed E-state index contributed by atoms with van der Waals surface area (Å²) in [7, 11) is 0. The Morgan fingerprint density at radius 2 is 2.33 bits per heavy atom. The highest BCUT2D eigenvalue weighted by molar-refractivity contribution is 7.99. The molecule has 0 atom stereocenters. The third-order valence-corrected chi connectivity index (χ3v) is 4.93. The van der Waals surface area contributed by atoms with Gasteiger partial charge in [-0.15, -0.1) is 23.1 Å². The number of aromatic nitrogens is 1. The van der Waals surface area contributed by atoms with E-state index < -0.39 is 0 Å². The molecule has 1 heterocycles. The molecule has 0 aliphatic carbocycles. The molecule has 0 unspecified atom stereocenters. The number of rotatable bonds is 7. The van der Waals surface area contributed by atoms with E-state index in [0.717, 1.165) is 21.9 Å². The van der Waals surface area contributed by atoms with Crippen LogP contribution in [0, 0.1) is 10.1 Å². The van der Waals surface area contributed by atoms with Gasteiger partial charge in [-0.05, 0) is 24.3 Å². The molecule has 0 aliphatic heterocycles. The first-order valence-corrected chi connectivity index (χ1v) is 8.53. The summed E-state index contributed by atoms with van der Waals surface area (Å²) in [5, 5.41) is 14.2. The van der Waals surface area contributed by atoms with Crippen molar-refractivity contribution in [1.82, 2.24) is 4.98 Å². The molecule has 112 valence electrons. The highest BCUT2D eigenvalue weighted by Crippen LogP contribution is 2.31. The van der Waals surface area contributed by atoms with Crippen LogP contribution in [0.15, 0.2) is 29.3 Å². The van der Waals surface area contributed by atoms with Crippen molar-refractivity contribution in [2.45, 2.75) is 24.8 Å². The van der Waals surface area contributed by atoms with Crippen molar-refractivity contribution in [1.29, 1.82) is 0 Å². The maximum atomic E-state index is 11.1. The Labute approximate surface area is 135 Å². The van der Waals surface area contributed by atoms with Crippen LogP contribution in [-0.2, 0) is 6.54 Å². The van der Waals surface area contributed by atoms with E-state index in [-0.39, 0.29) is 10.6 Å². The fourth-order valence-corrected chi connectivity index (χ4v) is 3.40. The van der Waals surface area contributed by atoms with E-state index in [1.165, 1.54) is 11.3 Å². The van der Waals surface area contributed by atoms with Gasteiger partial charge in [0.15, 0.2) is 4.47 Å². The molecule has 0 spiro atoms. The van der Waals surface area contributed by atoms with Gasteiger partial charge < -0.3 is 5.32 Å². The van der Waals surface area contributed by atoms with Crippen LogP contribution in [0.3, 0.4) is 0 Å². The van der Waals surface area contributed by atoms with Crippen molar-refractivity contribution < 1.29 is 4.92 Å². The van der Waals surface area contributed by atoms with E-state index in [4.69, 9.17) is 11.6 Å². The van der Waals surface area contributed by atoms with Gasteiger partial charge in [-0.25, -0.2) is 4.98 Å². The zero-order valence-corrected chi connectivity index (χ0v) is 13.7. The maximum Gasteiger partial charge on any atom is 0.292 e. The van der Waals surface area contributed by atoms with Gasteiger partial charge in [0.25, 0.3) is 5.69 Å². The molecule has 1 aromatic carbocycles. The summed E-state index contributed by atoms with van der Waals surface area (Å²) in [6.45, 7) is 2.57. The smallest absolute Gasteiger partial charge is 0.292 e. The van der Waals surface area contributed by atoms with Crippen LogP contribution in [0.2, 0.25) is 4.47 Å². The summed E-state index contributed by atoms with van der Waals surface area (Å²) in [5.74, 6) is 0.988. The number of anilines is 1. The second-order valence-electron chi connectivity index (χ2n) is 4.22. The Balaban J connectivity index is 2.15. The summed E-state index contributed by atoms with van der Waals surface area (Å²) >= 11 is 8.82. The van der Waals surface area contributed by atoms with Crippen molar-refractivity contribution in [3.63, 3.8) is 0 Å². The van der Waals surface area contributed by atoms with Gasteiger partial charge in [0, 0.05) is 22.0 Å². The summed E-state index contributed by atoms with van der Waals surface area (Å²) in [6.07, 6.45) is 2.73. The zero-order chi connectivity index (χ0) is 15.2. The molecule has 21 heavy (non-hydrogen) atoms. The van der Waals surface area contributed by atoms with Gasteiger partial charge in [-0.3, -0.25) is 10.1 Å². The van der Waals surface area contributed by atoms with Crippen LogP contribution in [0.25, 0.3) is 0 Å². The highest BCUT2D eigenvalue weighted by Gasteiger charge is 2.14. The second kappa shape index (κ2) is 7.63. The van der Waals surface area contributed by atoms with Gasteiger partial charge in [0.2, 0.25) is 0 Å². The van der Waals surface area contributed by atoms with Crippen molar-refractivity contribution >= 4 is 46.1 Å². The van der Waals surface area contributed by atoms with Gasteiger partial charge in [0.1, 0.15) is 5.69 Å². The van der Waals surface area contributed by atoms with E-state index in [2.05, 4.69) is 17.2 Å². The molecule has 1 N–H and O–H groups in total. The van der Waals surface area contributed by atoms with Crippen molar-refractivity contribution in [3.8, 4) is 0 Å². The molecule has 5 nitrogen and oxygen atoms in total. The van der Waals surface area contributed by atoms with E-state index in [1.54, 1.807) is 30.1 Å². The average Bonchev–Trinajstić information content (AvgIpc) is 2.88. The molecule has 0 radical (unpaired) electrons. The quantitative estimate of drug-likeness (QED) is 0.443. The minimum Gasteiger partial charge on any atom is -0.375 e. The normalized spacial score (nSPS) is 10.6. The number of nitro benzene ring substituents is 1. The predicted octanol–water partition coefficient (Wildman–Crippen LogP) is 4.82. The fourth-order valence-electron chi connectivity index (χ4n) is 1.67. The number of nitro groups is 1. The first-order valence-electron chi connectivity index (χ1n) is 6.35. The SMILES string of the molecule is CCCSc1ccc([N+](=O)[O-])c(NCc2cnc(Cl)s2)c1. The number of hydrogen-bond donors (Lipinski definition) is 1. The minimum absolute atomic E-state index is 0.0754. The fraction of sp³-hybridized carbons (Fsp3) is 0.308. The topological polar surface area (TPSA) is 68.1 Å². The molecular weight excluding hydrogens is 330 g/mol. The molecule has 0 bridgehead atoms. The Bertz CT molecular complexity index is 634. The van der Waals surface area contributed by atoms with Gasteiger partial charge >= 0.3 is 0 Å². The van der Waals surface area contributed by atoms with Crippen molar-refractivity contribution in [3.05, 3.63) is 43.9 Å². The largest absolute Gasteiger partial charge is 0.375 e. The molecule has 0 saturated carbocycles. The molecule has 2 rings (SSSR count). The summed E-state index contributed by atoms with van der Waals surface area (Å²) in [4.78, 5) is 16.6. The lowest BCUT2D eigenvalue weighted by atomic mass is 10.2. The van der Waals surface area contributed by atoms with E-state index in [0.29, 0.717) is 16.7 Å². The van der Waals surface area contributed by atoms with Crippen molar-refractivity contribution in [2.75, 3.05) is 11.1 Å². The Morgan fingerprint density at radius 3 is 2.95 bits per heavy atom. The number of thiazole rings is 1. The summed E-state index contributed by atoms with van der Waals surface area (Å²) in [5.41, 5.74) is 0.595. The molecule has 0 saturated heterocycles. The molecule has 8 heteroatoms. The molecule has 0 aliphatic rings. The van der Waals surface area contributed by atoms with Gasteiger partial charge in [-0.2, -0.15) is 0 Å². The lowest BCUT2D eigenvalue weighted by Gasteiger charge is -2.08. The number of thioether (sulfide) groups is 1.